The van der Waals surface area contributed by atoms with Crippen LogP contribution >= 0.6 is 0 Å². The second-order valence-corrected chi connectivity index (χ2v) is 15.4. The molecule has 0 amide bonds. The second-order valence-electron chi connectivity index (χ2n) is 15.4. The molecule has 4 heterocycles. The summed E-state index contributed by atoms with van der Waals surface area (Å²) >= 11 is 0. The maximum atomic E-state index is 7.04. The Morgan fingerprint density at radius 1 is 0.593 bits per heavy atom. The molecule has 59 heavy (non-hydrogen) atoms. The number of aromatic nitrogens is 3. The van der Waals surface area contributed by atoms with Gasteiger partial charge in [-0.2, -0.15) is 4.98 Å². The monoisotopic (exact) mass is 753 g/mol. The number of hydrogen-bond acceptors (Lipinski definition) is 4. The van der Waals surface area contributed by atoms with Gasteiger partial charge in [0, 0.05) is 49.5 Å². The lowest BCUT2D eigenvalue weighted by Crippen LogP contribution is -2.03. The quantitative estimate of drug-likeness (QED) is 0.180. The van der Waals surface area contributed by atoms with Crippen molar-refractivity contribution in [2.75, 3.05) is 0 Å². The normalized spacial score (nSPS) is 12.7. The van der Waals surface area contributed by atoms with Gasteiger partial charge in [-0.1, -0.05) is 115 Å². The molecule has 0 unspecified atom stereocenters. The van der Waals surface area contributed by atoms with Crippen molar-refractivity contribution in [3.8, 4) is 39.5 Å². The van der Waals surface area contributed by atoms with Crippen molar-refractivity contribution in [3.05, 3.63) is 181 Å². The van der Waals surface area contributed by atoms with Crippen LogP contribution in [0.15, 0.2) is 167 Å². The lowest BCUT2D eigenvalue weighted by molar-refractivity contribution is 0.653. The molecule has 5 heteroatoms. The number of allylic oxidation sites excluding steroid dienone is 1. The van der Waals surface area contributed by atoms with Gasteiger partial charge in [0.05, 0.1) is 27.7 Å². The minimum Gasteiger partial charge on any atom is -0.455 e. The topological polar surface area (TPSA) is 57.0 Å². The van der Waals surface area contributed by atoms with Crippen LogP contribution in [0.1, 0.15) is 17.7 Å². The largest absolute Gasteiger partial charge is 0.455 e. The predicted octanol–water partition coefficient (Wildman–Crippen LogP) is 14.1. The molecule has 0 fully saturated rings. The average molecular weight is 754 g/mol. The Bertz CT molecular complexity index is 3720. The SMILES string of the molecule is c1ccc2ccc3oc4c(-c5ccc6oc7nc(-c8ccccc8)nc(-c8ccccc8)c7c6c5)ccc(-n5c6c(c7cc8ccccc8cc75)C=CCC6)c4c3c2c#1. The molecule has 0 bridgehead atoms. The highest BCUT2D eigenvalue weighted by atomic mass is 16.3. The van der Waals surface area contributed by atoms with Gasteiger partial charge in [0.2, 0.25) is 5.71 Å². The van der Waals surface area contributed by atoms with Gasteiger partial charge in [-0.15, -0.1) is 0 Å². The lowest BCUT2D eigenvalue weighted by atomic mass is 9.97. The third-order valence-electron chi connectivity index (χ3n) is 12.1. The van der Waals surface area contributed by atoms with Crippen LogP contribution in [0, 0.1) is 12.1 Å². The first-order valence-electron chi connectivity index (χ1n) is 20.0. The smallest absolute Gasteiger partial charge is 0.231 e. The molecule has 0 aliphatic heterocycles. The highest BCUT2D eigenvalue weighted by Crippen LogP contribution is 2.46. The van der Waals surface area contributed by atoms with Crippen LogP contribution in [0.5, 0.6) is 0 Å². The lowest BCUT2D eigenvalue weighted by Gasteiger charge is -2.16. The number of rotatable bonds is 4. The number of hydrogen-bond donors (Lipinski definition) is 0. The Kier molecular flexibility index (Phi) is 6.70. The molecule has 0 N–H and O–H groups in total. The summed E-state index contributed by atoms with van der Waals surface area (Å²) in [7, 11) is 0. The first kappa shape index (κ1) is 32.2. The highest BCUT2D eigenvalue weighted by Gasteiger charge is 2.26. The fourth-order valence-corrected chi connectivity index (χ4v) is 9.44. The Morgan fingerprint density at radius 2 is 1.39 bits per heavy atom. The first-order chi connectivity index (χ1) is 29.2. The van der Waals surface area contributed by atoms with Gasteiger partial charge >= 0.3 is 0 Å². The zero-order chi connectivity index (χ0) is 38.6. The van der Waals surface area contributed by atoms with Crippen molar-refractivity contribution >= 4 is 82.5 Å². The summed E-state index contributed by atoms with van der Waals surface area (Å²) in [5, 5.41) is 9.72. The van der Waals surface area contributed by atoms with Crippen LogP contribution in [-0.4, -0.2) is 14.5 Å². The summed E-state index contributed by atoms with van der Waals surface area (Å²) in [6.07, 6.45) is 6.54. The molecular formula is C54H31N3O2. The Hall–Kier alpha value is -7.94. The van der Waals surface area contributed by atoms with Crippen LogP contribution in [0.25, 0.3) is 122 Å². The van der Waals surface area contributed by atoms with E-state index in [4.69, 9.17) is 18.8 Å². The fourth-order valence-electron chi connectivity index (χ4n) is 9.44. The van der Waals surface area contributed by atoms with Gasteiger partial charge < -0.3 is 13.4 Å². The van der Waals surface area contributed by atoms with Crippen LogP contribution in [-0.2, 0) is 6.42 Å². The van der Waals surface area contributed by atoms with E-state index < -0.39 is 0 Å². The molecule has 1 aliphatic carbocycles. The molecule has 5 nitrogen and oxygen atoms in total. The van der Waals surface area contributed by atoms with Gasteiger partial charge in [-0.3, -0.25) is 0 Å². The van der Waals surface area contributed by atoms with Crippen molar-refractivity contribution in [1.82, 2.24) is 14.5 Å². The van der Waals surface area contributed by atoms with E-state index in [2.05, 4.69) is 126 Å². The predicted molar refractivity (Wildman–Crippen MR) is 240 cm³/mol. The maximum Gasteiger partial charge on any atom is 0.231 e. The molecule has 13 rings (SSSR count). The minimum atomic E-state index is 0.554. The fraction of sp³-hybridized carbons (Fsp3) is 0.0370. The minimum absolute atomic E-state index is 0.554. The molecule has 0 spiro atoms. The first-order valence-corrected chi connectivity index (χ1v) is 20.0. The van der Waals surface area contributed by atoms with Gasteiger partial charge in [-0.05, 0) is 95.2 Å². The molecule has 0 saturated heterocycles. The van der Waals surface area contributed by atoms with Crippen molar-refractivity contribution in [2.24, 2.45) is 0 Å². The molecule has 4 aromatic heterocycles. The molecule has 8 aromatic carbocycles. The van der Waals surface area contributed by atoms with Gasteiger partial charge in [0.15, 0.2) is 5.82 Å². The maximum absolute atomic E-state index is 7.04. The Morgan fingerprint density at radius 3 is 2.25 bits per heavy atom. The van der Waals surface area contributed by atoms with Crippen molar-refractivity contribution in [2.45, 2.75) is 12.8 Å². The number of benzene rings is 7. The Balaban J connectivity index is 1.11. The summed E-state index contributed by atoms with van der Waals surface area (Å²) in [4.78, 5) is 10.2. The third-order valence-corrected chi connectivity index (χ3v) is 12.1. The van der Waals surface area contributed by atoms with E-state index in [1.165, 1.54) is 32.9 Å². The molecular weight excluding hydrogens is 723 g/mol. The van der Waals surface area contributed by atoms with Crippen LogP contribution in [0.4, 0.5) is 0 Å². The van der Waals surface area contributed by atoms with Crippen molar-refractivity contribution in [1.29, 1.82) is 0 Å². The van der Waals surface area contributed by atoms with Crippen LogP contribution in [0.2, 0.25) is 0 Å². The van der Waals surface area contributed by atoms with E-state index in [9.17, 15) is 0 Å². The van der Waals surface area contributed by atoms with E-state index in [0.717, 1.165) is 95.5 Å². The standard InChI is InChI=1S/C54H31N3O2/c1-3-14-33(15-4-1)51-49-42-30-37(24-27-46(42)59-54(49)56-53(55-51)34-16-5-2-6-17-34)39-25-26-44(50-48-38-20-10-9-13-32(38)23-28-47(48)58-52(39)50)57-43-22-12-11-21-40(43)41-29-35-18-7-8-19-36(35)31-45(41)57/h1-9,11,13-19,21,23-31H,12,22H2. The Labute approximate surface area is 338 Å². The van der Waals surface area contributed by atoms with Crippen molar-refractivity contribution < 1.29 is 8.83 Å². The summed E-state index contributed by atoms with van der Waals surface area (Å²) in [6, 6.07) is 59.6. The molecule has 12 aromatic rings. The van der Waals surface area contributed by atoms with E-state index in [1.54, 1.807) is 0 Å². The van der Waals surface area contributed by atoms with Gasteiger partial charge in [0.1, 0.15) is 16.7 Å². The second kappa shape index (κ2) is 12.3. The summed E-state index contributed by atoms with van der Waals surface area (Å²) in [5.74, 6) is 0.625. The van der Waals surface area contributed by atoms with Gasteiger partial charge in [0.25, 0.3) is 0 Å². The number of nitrogens with zero attached hydrogens (tertiary/aromatic N) is 3. The zero-order valence-corrected chi connectivity index (χ0v) is 31.7. The van der Waals surface area contributed by atoms with Crippen LogP contribution in [0.3, 0.4) is 0 Å². The molecule has 0 atom stereocenters. The van der Waals surface area contributed by atoms with Crippen molar-refractivity contribution in [3.63, 3.8) is 0 Å². The third kappa shape index (κ3) is 4.75. The number of furan rings is 2. The highest BCUT2D eigenvalue weighted by molar-refractivity contribution is 6.24. The summed E-state index contributed by atoms with van der Waals surface area (Å²) < 4.78 is 16.1. The number of fused-ring (bicyclic) bond motifs is 12. The zero-order valence-electron chi connectivity index (χ0n) is 31.7. The van der Waals surface area contributed by atoms with E-state index in [1.807, 2.05) is 54.6 Å². The molecule has 0 radical (unpaired) electrons. The van der Waals surface area contributed by atoms with Crippen LogP contribution < -0.4 is 0 Å². The summed E-state index contributed by atoms with van der Waals surface area (Å²) in [6.45, 7) is 0. The van der Waals surface area contributed by atoms with Gasteiger partial charge in [-0.25, -0.2) is 4.98 Å². The van der Waals surface area contributed by atoms with E-state index in [-0.39, 0.29) is 0 Å². The van der Waals surface area contributed by atoms with E-state index >= 15 is 0 Å². The molecule has 1 aliphatic rings. The molecule has 0 saturated carbocycles. The average Bonchev–Trinajstić information content (AvgIpc) is 3.98. The molecule has 274 valence electrons. The summed E-state index contributed by atoms with van der Waals surface area (Å²) in [5.41, 5.74) is 12.6. The van der Waals surface area contributed by atoms with E-state index in [0.29, 0.717) is 11.5 Å².